The van der Waals surface area contributed by atoms with Crippen LogP contribution in [0.2, 0.25) is 0 Å². The number of alkyl halides is 16. The summed E-state index contributed by atoms with van der Waals surface area (Å²) in [6, 6.07) is 0. The molecule has 36 heavy (non-hydrogen) atoms. The molecule has 0 amide bonds. The van der Waals surface area contributed by atoms with Crippen molar-refractivity contribution in [1.82, 2.24) is 0 Å². The molecule has 20 heteroatoms. The lowest BCUT2D eigenvalue weighted by Gasteiger charge is -2.75. The third-order valence-corrected chi connectivity index (χ3v) is 6.72. The Morgan fingerprint density at radius 1 is 0.417 bits per heavy atom. The van der Waals surface area contributed by atoms with E-state index in [4.69, 9.17) is 23.2 Å². The summed E-state index contributed by atoms with van der Waals surface area (Å²) in [4.78, 5) is 0. The zero-order valence-electron chi connectivity index (χ0n) is 16.9. The van der Waals surface area contributed by atoms with Gasteiger partial charge in [0.15, 0.2) is 0 Å². The number of hydrogen-bond acceptors (Lipinski definition) is 4. The fraction of sp³-hybridized carbons (Fsp3) is 1.00. The van der Waals surface area contributed by atoms with Crippen LogP contribution in [0.15, 0.2) is 0 Å². The van der Waals surface area contributed by atoms with E-state index in [-0.39, 0.29) is 0 Å². The maximum absolute atomic E-state index is 15.5. The Kier molecular flexibility index (Phi) is 6.65. The van der Waals surface area contributed by atoms with Gasteiger partial charge in [0, 0.05) is 11.8 Å². The van der Waals surface area contributed by atoms with E-state index in [1.165, 1.54) is 0 Å². The van der Waals surface area contributed by atoms with Crippen LogP contribution in [-0.4, -0.2) is 96.6 Å². The highest BCUT2D eigenvalue weighted by Crippen LogP contribution is 2.88. The van der Waals surface area contributed by atoms with Gasteiger partial charge >= 0.3 is 46.9 Å². The highest BCUT2D eigenvalue weighted by Gasteiger charge is 3.23. The van der Waals surface area contributed by atoms with Crippen LogP contribution >= 0.6 is 23.2 Å². The second-order valence-electron chi connectivity index (χ2n) is 7.84. The Morgan fingerprint density at radius 2 is 0.694 bits per heavy atom. The highest BCUT2D eigenvalue weighted by atomic mass is 35.5. The van der Waals surface area contributed by atoms with Gasteiger partial charge in [-0.15, -0.1) is 23.2 Å². The number of halogens is 16. The van der Waals surface area contributed by atoms with Crippen LogP contribution in [-0.2, 0) is 18.9 Å². The normalized spacial score (nSPS) is 42.0. The topological polar surface area (TPSA) is 36.9 Å². The molecule has 0 radical (unpaired) electrons. The van der Waals surface area contributed by atoms with Gasteiger partial charge in [0.05, 0.1) is 13.2 Å². The first kappa shape index (κ1) is 30.0. The van der Waals surface area contributed by atoms with E-state index < -0.39 is 96.6 Å². The summed E-state index contributed by atoms with van der Waals surface area (Å²) in [7, 11) is 0. The van der Waals surface area contributed by atoms with Crippen molar-refractivity contribution < 1.29 is 80.4 Å². The van der Waals surface area contributed by atoms with E-state index in [1.54, 1.807) is 0 Å². The maximum Gasteiger partial charge on any atom is 0.339 e. The summed E-state index contributed by atoms with van der Waals surface area (Å²) in [6.07, 6.45) is 0. The first-order valence-corrected chi connectivity index (χ1v) is 10.4. The number of rotatable bonds is 10. The highest BCUT2D eigenvalue weighted by molar-refractivity contribution is 6.18. The molecular formula is C16H12Cl2F14O4. The largest absolute Gasteiger partial charge is 0.354 e. The fourth-order valence-corrected chi connectivity index (χ4v) is 5.07. The van der Waals surface area contributed by atoms with Gasteiger partial charge in [0.1, 0.15) is 13.6 Å². The molecule has 4 saturated carbocycles. The molecule has 4 bridgehead atoms. The van der Waals surface area contributed by atoms with Gasteiger partial charge in [-0.25, -0.2) is 8.78 Å². The van der Waals surface area contributed by atoms with Crippen LogP contribution < -0.4 is 0 Å². The molecule has 4 aliphatic carbocycles. The average Bonchev–Trinajstić information content (AvgIpc) is 2.74. The molecule has 4 aliphatic rings. The van der Waals surface area contributed by atoms with Crippen LogP contribution in [0.5, 0.6) is 0 Å². The number of ether oxygens (including phenoxy) is 4. The quantitative estimate of drug-likeness (QED) is 0.149. The second-order valence-corrected chi connectivity index (χ2v) is 8.60. The van der Waals surface area contributed by atoms with Crippen molar-refractivity contribution in [3.63, 3.8) is 0 Å². The van der Waals surface area contributed by atoms with Crippen molar-refractivity contribution >= 4 is 23.2 Å². The monoisotopic (exact) mass is 604 g/mol. The lowest BCUT2D eigenvalue weighted by atomic mass is 9.39. The smallest absolute Gasteiger partial charge is 0.339 e. The molecule has 4 nitrogen and oxygen atoms in total. The summed E-state index contributed by atoms with van der Waals surface area (Å²) in [5.74, 6) is -46.2. The third kappa shape index (κ3) is 2.39. The van der Waals surface area contributed by atoms with Gasteiger partial charge in [0.2, 0.25) is 0 Å². The summed E-state index contributed by atoms with van der Waals surface area (Å²) >= 11 is 10.2. The van der Waals surface area contributed by atoms with Crippen molar-refractivity contribution in [2.24, 2.45) is 0 Å². The van der Waals surface area contributed by atoms with E-state index in [0.29, 0.717) is 0 Å². The Morgan fingerprint density at radius 3 is 0.944 bits per heavy atom. The van der Waals surface area contributed by atoms with E-state index in [0.717, 1.165) is 0 Å². The molecule has 0 aliphatic heterocycles. The molecule has 0 saturated heterocycles. The van der Waals surface area contributed by atoms with Crippen molar-refractivity contribution in [2.45, 2.75) is 58.1 Å². The minimum atomic E-state index is -7.73. The van der Waals surface area contributed by atoms with Crippen molar-refractivity contribution in [3.05, 3.63) is 0 Å². The zero-order valence-corrected chi connectivity index (χ0v) is 18.4. The van der Waals surface area contributed by atoms with Crippen LogP contribution in [0.3, 0.4) is 0 Å². The van der Waals surface area contributed by atoms with E-state index in [9.17, 15) is 8.78 Å². The molecule has 0 aromatic heterocycles. The molecule has 0 spiro atoms. The standard InChI is InChI=1S/C16H12Cl2F14O4/c17-1-3-33-5-35-9-12(23,24)7(19)11(21,22)8(20,13(9,25)26)15(29,30)10(14(7,27)28,16(9,31)32)36-6-34-4-2-18/h1-6H2. The SMILES string of the molecule is FC1(F)C2(F)C(F)(F)C3(OCOCCCl)C(F)(F)C1(F)C(F)(F)C(OCOCCCl)(C2(F)F)C3(F)F. The summed E-state index contributed by atoms with van der Waals surface area (Å²) < 4.78 is 227. The van der Waals surface area contributed by atoms with Gasteiger partial charge in [-0.1, -0.05) is 0 Å². The molecule has 0 atom stereocenters. The first-order chi connectivity index (χ1) is 16.1. The molecule has 212 valence electrons. The lowest BCUT2D eigenvalue weighted by Crippen LogP contribution is -3.11. The van der Waals surface area contributed by atoms with Gasteiger partial charge < -0.3 is 18.9 Å². The summed E-state index contributed by atoms with van der Waals surface area (Å²) in [5.41, 5.74) is -28.5. The molecule has 0 unspecified atom stereocenters. The van der Waals surface area contributed by atoms with Crippen LogP contribution in [0, 0.1) is 0 Å². The molecule has 4 rings (SSSR count). The third-order valence-electron chi connectivity index (χ3n) is 6.41. The molecule has 0 aromatic rings. The molecule has 0 aromatic carbocycles. The zero-order chi connectivity index (χ0) is 28.1. The summed E-state index contributed by atoms with van der Waals surface area (Å²) in [5, 5.41) is 0. The predicted molar refractivity (Wildman–Crippen MR) is 88.1 cm³/mol. The van der Waals surface area contributed by atoms with Crippen molar-refractivity contribution in [1.29, 1.82) is 0 Å². The van der Waals surface area contributed by atoms with Crippen LogP contribution in [0.25, 0.3) is 0 Å². The average molecular weight is 605 g/mol. The Labute approximate surface area is 201 Å². The van der Waals surface area contributed by atoms with Gasteiger partial charge in [0.25, 0.3) is 11.2 Å². The fourth-order valence-electron chi connectivity index (χ4n) is 4.85. The van der Waals surface area contributed by atoms with Crippen molar-refractivity contribution in [3.8, 4) is 0 Å². The molecule has 0 N–H and O–H groups in total. The lowest BCUT2D eigenvalue weighted by molar-refractivity contribution is -0.633. The van der Waals surface area contributed by atoms with E-state index in [2.05, 4.69) is 18.9 Å². The van der Waals surface area contributed by atoms with E-state index >= 15 is 52.7 Å². The summed E-state index contributed by atoms with van der Waals surface area (Å²) in [6.45, 7) is -6.42. The number of hydrogen-bond donors (Lipinski definition) is 0. The maximum atomic E-state index is 15.5. The Bertz CT molecular complexity index is 787. The van der Waals surface area contributed by atoms with Gasteiger partial charge in [-0.2, -0.15) is 52.7 Å². The van der Waals surface area contributed by atoms with Crippen molar-refractivity contribution in [2.75, 3.05) is 38.6 Å². The predicted octanol–water partition coefficient (Wildman–Crippen LogP) is 5.19. The molecule has 4 fully saturated rings. The molecule has 0 heterocycles. The second kappa shape index (κ2) is 7.99. The van der Waals surface area contributed by atoms with E-state index in [1.807, 2.05) is 0 Å². The molecular weight excluding hydrogens is 593 g/mol. The minimum Gasteiger partial charge on any atom is -0.354 e. The van der Waals surface area contributed by atoms with Crippen LogP contribution in [0.4, 0.5) is 61.5 Å². The first-order valence-electron chi connectivity index (χ1n) is 9.32. The van der Waals surface area contributed by atoms with Gasteiger partial charge in [-0.3, -0.25) is 0 Å². The Balaban J connectivity index is 2.48. The van der Waals surface area contributed by atoms with Gasteiger partial charge in [-0.05, 0) is 0 Å². The Hall–Kier alpha value is -0.560. The van der Waals surface area contributed by atoms with Crippen LogP contribution in [0.1, 0.15) is 0 Å². The minimum absolute atomic E-state index is 0.626.